The maximum absolute atomic E-state index is 9.49. The van der Waals surface area contributed by atoms with Gasteiger partial charge in [-0.2, -0.15) is 0 Å². The van der Waals surface area contributed by atoms with Crippen LogP contribution in [0.3, 0.4) is 0 Å². The second-order valence-corrected chi connectivity index (χ2v) is 1.91. The van der Waals surface area contributed by atoms with Crippen LogP contribution in [0.2, 0.25) is 0 Å². The van der Waals surface area contributed by atoms with Crippen LogP contribution in [0, 0.1) is 0 Å². The Kier molecular flexibility index (Phi) is 6.58. The summed E-state index contributed by atoms with van der Waals surface area (Å²) in [5, 5.41) is 18.7. The van der Waals surface area contributed by atoms with Crippen LogP contribution >= 0.6 is 0 Å². The van der Waals surface area contributed by atoms with Gasteiger partial charge in [0.15, 0.2) is 5.78 Å². The van der Waals surface area contributed by atoms with Crippen LogP contribution in [0.5, 0.6) is 0 Å². The zero-order valence-electron chi connectivity index (χ0n) is 6.75. The van der Waals surface area contributed by atoms with Crippen molar-refractivity contribution in [2.75, 3.05) is 0 Å². The van der Waals surface area contributed by atoms with E-state index in [1.165, 1.54) is 6.92 Å². The Balaban J connectivity index is 0. The van der Waals surface area contributed by atoms with Gasteiger partial charge in [-0.3, -0.25) is 4.79 Å². The van der Waals surface area contributed by atoms with Crippen molar-refractivity contribution in [1.82, 2.24) is 0 Å². The van der Waals surface area contributed by atoms with Crippen molar-refractivity contribution in [3.05, 3.63) is 12.2 Å². The minimum atomic E-state index is -1.63. The Morgan fingerprint density at radius 3 is 1.17 bits per heavy atom. The van der Waals surface area contributed by atoms with Crippen molar-refractivity contribution in [2.24, 2.45) is 0 Å². The first-order valence-electron chi connectivity index (χ1n) is 2.87. The summed E-state index contributed by atoms with van der Waals surface area (Å²) < 4.78 is 0. The summed E-state index contributed by atoms with van der Waals surface area (Å²) in [4.78, 5) is 28.2. The summed E-state index contributed by atoms with van der Waals surface area (Å²) in [5.74, 6) is -3.75. The molecule has 0 aliphatic carbocycles. The lowest BCUT2D eigenvalue weighted by Gasteiger charge is -1.93. The highest BCUT2D eigenvalue weighted by Crippen LogP contribution is 1.77. The van der Waals surface area contributed by atoms with Gasteiger partial charge in [0.05, 0.1) is 5.97 Å². The van der Waals surface area contributed by atoms with Crippen LogP contribution in [-0.2, 0) is 14.4 Å². The van der Waals surface area contributed by atoms with E-state index in [0.717, 1.165) is 6.92 Å². The maximum atomic E-state index is 9.49. The standard InChI is InChI=1S/C4H6O2.C3H4O3/c1-3(2)4(5)6;1-2(4)3(5)6/h1H2,2H3,(H,5,6);1H3,(H,5,6)/p-2. The lowest BCUT2D eigenvalue weighted by atomic mass is 10.4. The molecule has 0 aromatic heterocycles. The molecule has 0 fully saturated rings. The van der Waals surface area contributed by atoms with Crippen molar-refractivity contribution in [3.63, 3.8) is 0 Å². The number of ketones is 1. The Hall–Kier alpha value is -1.65. The number of carbonyl (C=O) groups excluding carboxylic acids is 3. The lowest BCUT2D eigenvalue weighted by Crippen LogP contribution is -2.29. The van der Waals surface area contributed by atoms with Gasteiger partial charge in [0.1, 0.15) is 5.97 Å². The molecule has 0 bridgehead atoms. The number of carboxylic acids is 2. The topological polar surface area (TPSA) is 97.3 Å². The third-order valence-electron chi connectivity index (χ3n) is 0.636. The summed E-state index contributed by atoms with van der Waals surface area (Å²) in [5.41, 5.74) is 0.0648. The molecule has 5 nitrogen and oxygen atoms in total. The number of rotatable bonds is 2. The van der Waals surface area contributed by atoms with Crippen molar-refractivity contribution in [3.8, 4) is 0 Å². The van der Waals surface area contributed by atoms with E-state index in [4.69, 9.17) is 0 Å². The number of Topliss-reactive ketones (excluding diaryl/α,β-unsaturated/α-hetero) is 1. The molecule has 0 heterocycles. The monoisotopic (exact) mass is 172 g/mol. The Labute approximate surface area is 69.3 Å². The number of hydrogen-bond acceptors (Lipinski definition) is 5. The SMILES string of the molecule is C=C(C)C(=O)[O-].CC(=O)C(=O)[O-]. The fraction of sp³-hybridized carbons (Fsp3) is 0.286. The molecule has 5 heteroatoms. The lowest BCUT2D eigenvalue weighted by molar-refractivity contribution is -0.300. The maximum Gasteiger partial charge on any atom is 0.175 e. The Bertz CT molecular complexity index is 168. The fourth-order valence-corrected chi connectivity index (χ4v) is 0. The molecule has 0 aromatic rings. The molecule has 0 aliphatic heterocycles. The molecular weight excluding hydrogens is 164 g/mol. The molecule has 0 radical (unpaired) electrons. The van der Waals surface area contributed by atoms with Gasteiger partial charge in [0.25, 0.3) is 0 Å². The van der Waals surface area contributed by atoms with Gasteiger partial charge >= 0.3 is 0 Å². The summed E-state index contributed by atoms with van der Waals surface area (Å²) in [6, 6.07) is 0. The Morgan fingerprint density at radius 2 is 1.17 bits per heavy atom. The third-order valence-corrected chi connectivity index (χ3v) is 0.636. The van der Waals surface area contributed by atoms with Gasteiger partial charge < -0.3 is 19.8 Å². The van der Waals surface area contributed by atoms with Crippen molar-refractivity contribution >= 4 is 17.7 Å². The summed E-state index contributed by atoms with van der Waals surface area (Å²) >= 11 is 0. The largest absolute Gasteiger partial charge is 0.545 e. The first-order valence-corrected chi connectivity index (χ1v) is 2.87. The second kappa shape index (κ2) is 6.09. The number of carbonyl (C=O) groups is 3. The molecule has 0 aliphatic rings. The van der Waals surface area contributed by atoms with Crippen LogP contribution in [0.4, 0.5) is 0 Å². The van der Waals surface area contributed by atoms with Gasteiger partial charge in [-0.05, 0) is 12.5 Å². The molecule has 0 saturated carbocycles. The third kappa shape index (κ3) is 11.2. The average molecular weight is 172 g/mol. The van der Waals surface area contributed by atoms with E-state index >= 15 is 0 Å². The zero-order valence-corrected chi connectivity index (χ0v) is 6.75. The molecule has 68 valence electrons. The predicted molar refractivity (Wildman–Crippen MR) is 35.5 cm³/mol. The normalized spacial score (nSPS) is 7.50. The van der Waals surface area contributed by atoms with Crippen LogP contribution in [0.1, 0.15) is 13.8 Å². The van der Waals surface area contributed by atoms with Crippen molar-refractivity contribution in [2.45, 2.75) is 13.8 Å². The van der Waals surface area contributed by atoms with E-state index in [-0.39, 0.29) is 5.57 Å². The fourth-order valence-electron chi connectivity index (χ4n) is 0. The van der Waals surface area contributed by atoms with Crippen LogP contribution in [0.25, 0.3) is 0 Å². The number of aliphatic carboxylic acids is 2. The van der Waals surface area contributed by atoms with Gasteiger partial charge in [0, 0.05) is 6.92 Å². The van der Waals surface area contributed by atoms with Crippen LogP contribution in [-0.4, -0.2) is 17.7 Å². The predicted octanol–water partition coefficient (Wildman–Crippen LogP) is -2.36. The van der Waals surface area contributed by atoms with E-state index in [2.05, 4.69) is 6.58 Å². The molecule has 0 amide bonds. The van der Waals surface area contributed by atoms with Crippen LogP contribution < -0.4 is 10.2 Å². The van der Waals surface area contributed by atoms with Gasteiger partial charge in [-0.25, -0.2) is 0 Å². The van der Waals surface area contributed by atoms with E-state index in [9.17, 15) is 24.6 Å². The van der Waals surface area contributed by atoms with Gasteiger partial charge in [0.2, 0.25) is 0 Å². The minimum Gasteiger partial charge on any atom is -0.545 e. The van der Waals surface area contributed by atoms with E-state index in [0.29, 0.717) is 0 Å². The highest BCUT2D eigenvalue weighted by atomic mass is 16.4. The second-order valence-electron chi connectivity index (χ2n) is 1.91. The molecule has 0 atom stereocenters. The first-order chi connectivity index (χ1) is 5.29. The molecule has 0 aromatic carbocycles. The highest BCUT2D eigenvalue weighted by Gasteiger charge is 1.85. The quantitative estimate of drug-likeness (QED) is 0.342. The summed E-state index contributed by atoms with van der Waals surface area (Å²) in [7, 11) is 0. The van der Waals surface area contributed by atoms with Crippen LogP contribution in [0.15, 0.2) is 12.2 Å². The summed E-state index contributed by atoms with van der Waals surface area (Å²) in [6.07, 6.45) is 0. The highest BCUT2D eigenvalue weighted by molar-refractivity contribution is 6.30. The van der Waals surface area contributed by atoms with Gasteiger partial charge in [-0.15, -0.1) is 0 Å². The Morgan fingerprint density at radius 1 is 1.00 bits per heavy atom. The molecule has 12 heavy (non-hydrogen) atoms. The minimum absolute atomic E-state index is 0.0648. The number of hydrogen-bond donors (Lipinski definition) is 0. The number of carboxylic acid groups (broad SMARTS) is 2. The smallest absolute Gasteiger partial charge is 0.175 e. The van der Waals surface area contributed by atoms with Crippen molar-refractivity contribution in [1.29, 1.82) is 0 Å². The first kappa shape index (κ1) is 13.0. The molecule has 0 saturated heterocycles. The molecule has 0 N–H and O–H groups in total. The molecule has 0 rings (SSSR count). The molecule has 0 spiro atoms. The van der Waals surface area contributed by atoms with E-state index in [1.54, 1.807) is 0 Å². The zero-order chi connectivity index (χ0) is 10.3. The van der Waals surface area contributed by atoms with Gasteiger partial charge in [-0.1, -0.05) is 6.58 Å². The average Bonchev–Trinajstić information content (AvgIpc) is 1.88. The summed E-state index contributed by atoms with van der Waals surface area (Å²) in [6.45, 7) is 5.42. The van der Waals surface area contributed by atoms with E-state index < -0.39 is 17.7 Å². The molecular formula is C7H8O5-2. The van der Waals surface area contributed by atoms with Crippen molar-refractivity contribution < 1.29 is 24.6 Å². The van der Waals surface area contributed by atoms with E-state index in [1.807, 2.05) is 0 Å². The molecule has 0 unspecified atom stereocenters.